The van der Waals surface area contributed by atoms with Crippen LogP contribution >= 0.6 is 0 Å². The van der Waals surface area contributed by atoms with E-state index >= 15 is 0 Å². The molecule has 0 aliphatic carbocycles. The first-order valence-electron chi connectivity index (χ1n) is 5.14. The van der Waals surface area contributed by atoms with Crippen LogP contribution in [-0.4, -0.2) is 28.1 Å². The van der Waals surface area contributed by atoms with Crippen molar-refractivity contribution in [3.8, 4) is 0 Å². The molecule has 94 valence electrons. The van der Waals surface area contributed by atoms with Crippen LogP contribution in [0.25, 0.3) is 0 Å². The van der Waals surface area contributed by atoms with Crippen LogP contribution in [0.3, 0.4) is 0 Å². The molecule has 0 aliphatic rings. The molecule has 2 N–H and O–H groups in total. The third kappa shape index (κ3) is 2.15. The first-order valence-corrected chi connectivity index (χ1v) is 5.14. The molecule has 0 aliphatic heterocycles. The summed E-state index contributed by atoms with van der Waals surface area (Å²) < 4.78 is 19.2. The Morgan fingerprint density at radius 2 is 2.22 bits per heavy atom. The number of nitrogens with two attached hydrogens (primary N) is 1. The van der Waals surface area contributed by atoms with E-state index in [0.717, 1.165) is 0 Å². The maximum absolute atomic E-state index is 13.4. The Morgan fingerprint density at radius 1 is 1.50 bits per heavy atom. The standard InChI is InChI=1S/C11H11FN4O2/c1-18-11(17)9-10(13)16(15-14-9)6-7-4-2-3-5-8(7)12/h2-5H,6,13H2,1H3. The number of esters is 1. The first kappa shape index (κ1) is 12.0. The number of methoxy groups -OCH3 is 1. The molecule has 2 aromatic rings. The SMILES string of the molecule is COC(=O)c1nnn(Cc2ccccc2F)c1N. The number of nitrogens with zero attached hydrogens (tertiary/aromatic N) is 3. The average molecular weight is 250 g/mol. The fourth-order valence-electron chi connectivity index (χ4n) is 1.47. The van der Waals surface area contributed by atoms with E-state index in [2.05, 4.69) is 15.0 Å². The van der Waals surface area contributed by atoms with Crippen molar-refractivity contribution in [1.29, 1.82) is 0 Å². The molecule has 0 radical (unpaired) electrons. The number of hydrogen-bond donors (Lipinski definition) is 1. The van der Waals surface area contributed by atoms with E-state index in [-0.39, 0.29) is 23.9 Å². The Balaban J connectivity index is 2.29. The Morgan fingerprint density at radius 3 is 2.89 bits per heavy atom. The molecular weight excluding hydrogens is 239 g/mol. The lowest BCUT2D eigenvalue weighted by Gasteiger charge is -2.04. The molecule has 1 aromatic heterocycles. The maximum Gasteiger partial charge on any atom is 0.362 e. The van der Waals surface area contributed by atoms with Gasteiger partial charge in [-0.25, -0.2) is 13.9 Å². The molecule has 1 heterocycles. The van der Waals surface area contributed by atoms with Crippen molar-refractivity contribution in [3.05, 3.63) is 41.3 Å². The average Bonchev–Trinajstić information content (AvgIpc) is 2.73. The van der Waals surface area contributed by atoms with Crippen LogP contribution in [0.4, 0.5) is 10.2 Å². The lowest BCUT2D eigenvalue weighted by molar-refractivity contribution is 0.0595. The fourth-order valence-corrected chi connectivity index (χ4v) is 1.47. The topological polar surface area (TPSA) is 83.0 Å². The van der Waals surface area contributed by atoms with Crippen molar-refractivity contribution in [3.63, 3.8) is 0 Å². The van der Waals surface area contributed by atoms with E-state index in [9.17, 15) is 9.18 Å². The van der Waals surface area contributed by atoms with Crippen LogP contribution in [0.1, 0.15) is 16.1 Å². The van der Waals surface area contributed by atoms with E-state index < -0.39 is 5.97 Å². The van der Waals surface area contributed by atoms with Crippen molar-refractivity contribution >= 4 is 11.8 Å². The Labute approximate surface area is 102 Å². The van der Waals surface area contributed by atoms with E-state index in [1.54, 1.807) is 18.2 Å². The van der Waals surface area contributed by atoms with Crippen molar-refractivity contribution in [2.75, 3.05) is 12.8 Å². The summed E-state index contributed by atoms with van der Waals surface area (Å²) in [6, 6.07) is 6.23. The molecule has 0 saturated carbocycles. The van der Waals surface area contributed by atoms with Gasteiger partial charge in [0, 0.05) is 5.56 Å². The number of rotatable bonds is 3. The van der Waals surface area contributed by atoms with Gasteiger partial charge in [0.05, 0.1) is 13.7 Å². The van der Waals surface area contributed by atoms with Gasteiger partial charge in [-0.05, 0) is 6.07 Å². The minimum atomic E-state index is -0.674. The molecule has 0 spiro atoms. The van der Waals surface area contributed by atoms with Gasteiger partial charge in [0.25, 0.3) is 0 Å². The summed E-state index contributed by atoms with van der Waals surface area (Å²) in [5.41, 5.74) is 6.03. The Kier molecular flexibility index (Phi) is 3.22. The molecule has 18 heavy (non-hydrogen) atoms. The summed E-state index contributed by atoms with van der Waals surface area (Å²) in [7, 11) is 1.22. The molecule has 0 bridgehead atoms. The third-order valence-electron chi connectivity index (χ3n) is 2.43. The van der Waals surface area contributed by atoms with Gasteiger partial charge in [0.1, 0.15) is 5.82 Å². The number of aromatic nitrogens is 3. The number of anilines is 1. The number of nitrogen functional groups attached to an aromatic ring is 1. The van der Waals surface area contributed by atoms with Crippen molar-refractivity contribution in [2.45, 2.75) is 6.54 Å². The van der Waals surface area contributed by atoms with Crippen LogP contribution in [-0.2, 0) is 11.3 Å². The second kappa shape index (κ2) is 4.82. The number of halogens is 1. The predicted octanol–water partition coefficient (Wildman–Crippen LogP) is 0.834. The highest BCUT2D eigenvalue weighted by atomic mass is 19.1. The molecule has 1 aromatic carbocycles. The number of hydrogen-bond acceptors (Lipinski definition) is 5. The molecule has 2 rings (SSSR count). The summed E-state index contributed by atoms with van der Waals surface area (Å²) in [5.74, 6) is -0.996. The highest BCUT2D eigenvalue weighted by molar-refractivity contribution is 5.91. The zero-order chi connectivity index (χ0) is 13.1. The molecule has 0 unspecified atom stereocenters. The van der Waals surface area contributed by atoms with Crippen molar-refractivity contribution in [2.24, 2.45) is 0 Å². The van der Waals surface area contributed by atoms with Gasteiger partial charge in [0.15, 0.2) is 5.82 Å². The highest BCUT2D eigenvalue weighted by Crippen LogP contribution is 2.13. The van der Waals surface area contributed by atoms with Crippen molar-refractivity contribution in [1.82, 2.24) is 15.0 Å². The normalized spacial score (nSPS) is 10.3. The number of carbonyl (C=O) groups excluding carboxylic acids is 1. The van der Waals surface area contributed by atoms with Crippen LogP contribution < -0.4 is 5.73 Å². The zero-order valence-electron chi connectivity index (χ0n) is 9.63. The van der Waals surface area contributed by atoms with Gasteiger partial charge in [-0.2, -0.15) is 0 Å². The third-order valence-corrected chi connectivity index (χ3v) is 2.43. The molecule has 0 atom stereocenters. The molecule has 7 heteroatoms. The predicted molar refractivity (Wildman–Crippen MR) is 61.3 cm³/mol. The van der Waals surface area contributed by atoms with Crippen LogP contribution in [0.2, 0.25) is 0 Å². The van der Waals surface area contributed by atoms with Crippen LogP contribution in [0.15, 0.2) is 24.3 Å². The summed E-state index contributed by atoms with van der Waals surface area (Å²) in [6.07, 6.45) is 0. The molecule has 6 nitrogen and oxygen atoms in total. The minimum Gasteiger partial charge on any atom is -0.464 e. The van der Waals surface area contributed by atoms with E-state index in [0.29, 0.717) is 5.56 Å². The number of carbonyl (C=O) groups is 1. The van der Waals surface area contributed by atoms with Gasteiger partial charge in [-0.15, -0.1) is 5.10 Å². The Bertz CT molecular complexity index is 582. The van der Waals surface area contributed by atoms with Crippen LogP contribution in [0.5, 0.6) is 0 Å². The van der Waals surface area contributed by atoms with E-state index in [1.165, 1.54) is 17.9 Å². The van der Waals surface area contributed by atoms with E-state index in [4.69, 9.17) is 5.73 Å². The monoisotopic (exact) mass is 250 g/mol. The quantitative estimate of drug-likeness (QED) is 0.816. The summed E-state index contributed by atoms with van der Waals surface area (Å²) >= 11 is 0. The van der Waals surface area contributed by atoms with Gasteiger partial charge < -0.3 is 10.5 Å². The number of ether oxygens (including phenoxy) is 1. The van der Waals surface area contributed by atoms with E-state index in [1.807, 2.05) is 0 Å². The first-order chi connectivity index (χ1) is 8.63. The second-order valence-corrected chi connectivity index (χ2v) is 3.56. The Hall–Kier alpha value is -2.44. The second-order valence-electron chi connectivity index (χ2n) is 3.56. The van der Waals surface area contributed by atoms with Gasteiger partial charge in [0.2, 0.25) is 5.69 Å². The van der Waals surface area contributed by atoms with Gasteiger partial charge >= 0.3 is 5.97 Å². The molecule has 0 saturated heterocycles. The summed E-state index contributed by atoms with van der Waals surface area (Å²) in [5, 5.41) is 7.30. The lowest BCUT2D eigenvalue weighted by Crippen LogP contribution is -2.10. The smallest absolute Gasteiger partial charge is 0.362 e. The molecule has 0 fully saturated rings. The lowest BCUT2D eigenvalue weighted by atomic mass is 10.2. The van der Waals surface area contributed by atoms with Crippen LogP contribution in [0, 0.1) is 5.82 Å². The summed E-state index contributed by atoms with van der Waals surface area (Å²) in [4.78, 5) is 11.3. The fraction of sp³-hybridized carbons (Fsp3) is 0.182. The van der Waals surface area contributed by atoms with Crippen molar-refractivity contribution < 1.29 is 13.9 Å². The summed E-state index contributed by atoms with van der Waals surface area (Å²) in [6.45, 7) is 0.0997. The zero-order valence-corrected chi connectivity index (χ0v) is 9.63. The largest absolute Gasteiger partial charge is 0.464 e. The van der Waals surface area contributed by atoms with Gasteiger partial charge in [-0.1, -0.05) is 23.4 Å². The number of benzene rings is 1. The maximum atomic E-state index is 13.4. The minimum absolute atomic E-state index is 0.0464. The molecular formula is C11H11FN4O2. The van der Waals surface area contributed by atoms with Gasteiger partial charge in [-0.3, -0.25) is 0 Å². The highest BCUT2D eigenvalue weighted by Gasteiger charge is 2.18. The molecule has 0 amide bonds.